The molecule has 0 spiro atoms. The van der Waals surface area contributed by atoms with Gasteiger partial charge in [-0.15, -0.1) is 0 Å². The van der Waals surface area contributed by atoms with Crippen LogP contribution in [0.3, 0.4) is 0 Å². The molecule has 0 aliphatic heterocycles. The molecule has 25 heavy (non-hydrogen) atoms. The zero-order chi connectivity index (χ0) is 17.5. The molecule has 0 saturated carbocycles. The van der Waals surface area contributed by atoms with Gasteiger partial charge in [-0.2, -0.15) is 5.10 Å². The summed E-state index contributed by atoms with van der Waals surface area (Å²) in [6.07, 6.45) is 0. The lowest BCUT2D eigenvalue weighted by molar-refractivity contribution is -0.384. The average molecular weight is 349 g/mol. The number of thioether (sulfide) groups is 1. The number of nitro benzene ring substituents is 1. The van der Waals surface area contributed by atoms with E-state index in [0.29, 0.717) is 5.69 Å². The first kappa shape index (κ1) is 16.7. The summed E-state index contributed by atoms with van der Waals surface area (Å²) in [5.41, 5.74) is 4.71. The molecule has 0 radical (unpaired) electrons. The molecule has 0 bridgehead atoms. The molecule has 0 aliphatic rings. The molecule has 1 N–H and O–H groups in total. The molecule has 0 amide bonds. The number of nitrogens with zero attached hydrogens (tertiary/aromatic N) is 2. The van der Waals surface area contributed by atoms with Gasteiger partial charge in [0.15, 0.2) is 0 Å². The van der Waals surface area contributed by atoms with Crippen LogP contribution in [0.25, 0.3) is 0 Å². The van der Waals surface area contributed by atoms with Gasteiger partial charge in [0.2, 0.25) is 0 Å². The SMILES string of the molecule is O=[N+]([O-])c1ccc(N/N=C(/Sc2ccccc2)c2ccccc2)cc1. The third-order valence-electron chi connectivity index (χ3n) is 3.34. The van der Waals surface area contributed by atoms with Gasteiger partial charge >= 0.3 is 0 Å². The third-order valence-corrected chi connectivity index (χ3v) is 4.37. The van der Waals surface area contributed by atoms with Gasteiger partial charge in [-0.25, -0.2) is 0 Å². The standard InChI is InChI=1S/C19H15N3O2S/c23-22(24)17-13-11-16(12-14-17)20-21-19(15-7-3-1-4-8-15)25-18-9-5-2-6-10-18/h1-14,20H/b21-19+. The Balaban J connectivity index is 1.83. The van der Waals surface area contributed by atoms with E-state index >= 15 is 0 Å². The van der Waals surface area contributed by atoms with Gasteiger partial charge in [-0.1, -0.05) is 60.3 Å². The number of non-ortho nitro benzene ring substituents is 1. The molecule has 0 aliphatic carbocycles. The van der Waals surface area contributed by atoms with Crippen LogP contribution >= 0.6 is 11.8 Å². The zero-order valence-corrected chi connectivity index (χ0v) is 14.0. The van der Waals surface area contributed by atoms with Crippen LogP contribution in [0.15, 0.2) is 94.9 Å². The number of rotatable bonds is 5. The molecule has 3 aromatic carbocycles. The topological polar surface area (TPSA) is 67.5 Å². The maximum absolute atomic E-state index is 10.7. The minimum atomic E-state index is -0.423. The number of anilines is 1. The van der Waals surface area contributed by atoms with Gasteiger partial charge in [0.25, 0.3) is 5.69 Å². The van der Waals surface area contributed by atoms with Crippen molar-refractivity contribution in [3.8, 4) is 0 Å². The van der Waals surface area contributed by atoms with Crippen molar-refractivity contribution in [3.63, 3.8) is 0 Å². The van der Waals surface area contributed by atoms with Crippen molar-refractivity contribution >= 4 is 28.2 Å². The molecule has 3 aromatic rings. The summed E-state index contributed by atoms with van der Waals surface area (Å²) in [7, 11) is 0. The Morgan fingerprint density at radius 1 is 0.880 bits per heavy atom. The second-order valence-corrected chi connectivity index (χ2v) is 6.18. The lowest BCUT2D eigenvalue weighted by Crippen LogP contribution is -2.00. The van der Waals surface area contributed by atoms with Crippen molar-refractivity contribution in [2.45, 2.75) is 4.90 Å². The first-order chi connectivity index (χ1) is 12.2. The smallest absolute Gasteiger partial charge is 0.269 e. The fraction of sp³-hybridized carbons (Fsp3) is 0. The fourth-order valence-corrected chi connectivity index (χ4v) is 2.96. The minimum Gasteiger partial charge on any atom is -0.277 e. The largest absolute Gasteiger partial charge is 0.277 e. The van der Waals surface area contributed by atoms with E-state index in [0.717, 1.165) is 15.5 Å². The first-order valence-corrected chi connectivity index (χ1v) is 8.40. The van der Waals surface area contributed by atoms with Crippen molar-refractivity contribution in [1.29, 1.82) is 0 Å². The second-order valence-electron chi connectivity index (χ2n) is 5.11. The lowest BCUT2D eigenvalue weighted by atomic mass is 10.2. The summed E-state index contributed by atoms with van der Waals surface area (Å²) in [5, 5.41) is 16.0. The molecule has 3 rings (SSSR count). The van der Waals surface area contributed by atoms with Gasteiger partial charge in [-0.05, 0) is 24.3 Å². The summed E-state index contributed by atoms with van der Waals surface area (Å²) < 4.78 is 0. The molecule has 0 heterocycles. The summed E-state index contributed by atoms with van der Waals surface area (Å²) in [4.78, 5) is 11.4. The van der Waals surface area contributed by atoms with E-state index in [9.17, 15) is 10.1 Å². The predicted octanol–water partition coefficient (Wildman–Crippen LogP) is 5.16. The van der Waals surface area contributed by atoms with Gasteiger partial charge in [0, 0.05) is 22.6 Å². The number of nitrogens with one attached hydrogen (secondary N) is 1. The van der Waals surface area contributed by atoms with Crippen LogP contribution in [-0.4, -0.2) is 9.97 Å². The summed E-state index contributed by atoms with van der Waals surface area (Å²) in [6.45, 7) is 0. The van der Waals surface area contributed by atoms with Crippen molar-refractivity contribution < 1.29 is 4.92 Å². The zero-order valence-electron chi connectivity index (χ0n) is 13.2. The van der Waals surface area contributed by atoms with E-state index in [1.807, 2.05) is 60.7 Å². The van der Waals surface area contributed by atoms with Gasteiger partial charge in [0.1, 0.15) is 5.04 Å². The molecule has 6 heteroatoms. The van der Waals surface area contributed by atoms with Crippen LogP contribution < -0.4 is 5.43 Å². The number of hydrogen-bond acceptors (Lipinski definition) is 5. The molecule has 124 valence electrons. The third kappa shape index (κ3) is 4.68. The van der Waals surface area contributed by atoms with Crippen LogP contribution in [0.5, 0.6) is 0 Å². The van der Waals surface area contributed by atoms with Crippen molar-refractivity contribution in [2.75, 3.05) is 5.43 Å². The maximum Gasteiger partial charge on any atom is 0.269 e. The van der Waals surface area contributed by atoms with E-state index in [1.165, 1.54) is 12.1 Å². The second kappa shape index (κ2) is 8.12. The van der Waals surface area contributed by atoms with Gasteiger partial charge < -0.3 is 0 Å². The van der Waals surface area contributed by atoms with Crippen LogP contribution in [0.2, 0.25) is 0 Å². The Kier molecular flexibility index (Phi) is 5.43. The molecule has 0 atom stereocenters. The maximum atomic E-state index is 10.7. The summed E-state index contributed by atoms with van der Waals surface area (Å²) in [6, 6.07) is 26.0. The summed E-state index contributed by atoms with van der Waals surface area (Å²) in [5.74, 6) is 0. The Morgan fingerprint density at radius 3 is 2.08 bits per heavy atom. The Morgan fingerprint density at radius 2 is 1.48 bits per heavy atom. The van der Waals surface area contributed by atoms with Crippen molar-refractivity contribution in [1.82, 2.24) is 0 Å². The van der Waals surface area contributed by atoms with E-state index < -0.39 is 4.92 Å². The number of benzene rings is 3. The average Bonchev–Trinajstić information content (AvgIpc) is 2.67. The Hall–Kier alpha value is -3.12. The molecule has 5 nitrogen and oxygen atoms in total. The minimum absolute atomic E-state index is 0.0523. The van der Waals surface area contributed by atoms with Gasteiger partial charge in [0.05, 0.1) is 10.6 Å². The first-order valence-electron chi connectivity index (χ1n) is 7.59. The van der Waals surface area contributed by atoms with Crippen LogP contribution in [0.1, 0.15) is 5.56 Å². The summed E-state index contributed by atoms with van der Waals surface area (Å²) >= 11 is 1.55. The number of hydrogen-bond donors (Lipinski definition) is 1. The number of hydrazone groups is 1. The van der Waals surface area contributed by atoms with E-state index in [4.69, 9.17) is 0 Å². The highest BCUT2D eigenvalue weighted by atomic mass is 32.2. The molecular weight excluding hydrogens is 334 g/mol. The monoisotopic (exact) mass is 349 g/mol. The molecule has 0 fully saturated rings. The molecular formula is C19H15N3O2S. The highest BCUT2D eigenvalue weighted by molar-refractivity contribution is 8.14. The highest BCUT2D eigenvalue weighted by Crippen LogP contribution is 2.24. The predicted molar refractivity (Wildman–Crippen MR) is 102 cm³/mol. The number of nitro groups is 1. The Labute approximate surface area is 149 Å². The molecule has 0 aromatic heterocycles. The van der Waals surface area contributed by atoms with Crippen LogP contribution in [-0.2, 0) is 0 Å². The Bertz CT molecular complexity index is 866. The normalized spacial score (nSPS) is 11.1. The van der Waals surface area contributed by atoms with E-state index in [1.54, 1.807) is 23.9 Å². The lowest BCUT2D eigenvalue weighted by Gasteiger charge is -2.08. The van der Waals surface area contributed by atoms with Crippen molar-refractivity contribution in [2.24, 2.45) is 5.10 Å². The van der Waals surface area contributed by atoms with Gasteiger partial charge in [-0.3, -0.25) is 15.5 Å². The molecule has 0 unspecified atom stereocenters. The molecule has 0 saturated heterocycles. The highest BCUT2D eigenvalue weighted by Gasteiger charge is 2.07. The fourth-order valence-electron chi connectivity index (χ4n) is 2.10. The van der Waals surface area contributed by atoms with E-state index in [2.05, 4.69) is 10.5 Å². The quantitative estimate of drug-likeness (QED) is 0.227. The van der Waals surface area contributed by atoms with Crippen LogP contribution in [0.4, 0.5) is 11.4 Å². The van der Waals surface area contributed by atoms with Crippen LogP contribution in [0, 0.1) is 10.1 Å². The van der Waals surface area contributed by atoms with Crippen molar-refractivity contribution in [3.05, 3.63) is 101 Å². The van der Waals surface area contributed by atoms with E-state index in [-0.39, 0.29) is 5.69 Å².